The average molecular weight is 743 g/mol. The second-order valence-corrected chi connectivity index (χ2v) is 12.6. The maximum absolute atomic E-state index is 16.8. The quantitative estimate of drug-likeness (QED) is 0.118. The van der Waals surface area contributed by atoms with Crippen LogP contribution in [0, 0.1) is 5.82 Å². The predicted octanol–water partition coefficient (Wildman–Crippen LogP) is 6.15. The number of nitrogens with one attached hydrogen (secondary N) is 3. The highest BCUT2D eigenvalue weighted by Gasteiger charge is 2.34. The molecule has 0 saturated carbocycles. The topological polar surface area (TPSA) is 141 Å². The number of aliphatic carboxylic acids is 1. The minimum absolute atomic E-state index is 0. The molecule has 4 heterocycles. The molecular formula is C36H39ClF4N8O3. The van der Waals surface area contributed by atoms with E-state index >= 15 is 4.39 Å². The zero-order valence-corrected chi connectivity index (χ0v) is 29.8. The maximum atomic E-state index is 16.8. The van der Waals surface area contributed by atoms with Gasteiger partial charge in [-0.15, -0.1) is 12.4 Å². The van der Waals surface area contributed by atoms with Crippen molar-refractivity contribution in [1.29, 1.82) is 0 Å². The van der Waals surface area contributed by atoms with Crippen molar-refractivity contribution >= 4 is 41.1 Å². The second-order valence-electron chi connectivity index (χ2n) is 12.6. The Kier molecular flexibility index (Phi) is 11.2. The predicted molar refractivity (Wildman–Crippen MR) is 190 cm³/mol. The van der Waals surface area contributed by atoms with E-state index in [1.807, 2.05) is 36.7 Å². The number of hydrogen-bond donors (Lipinski definition) is 4. The van der Waals surface area contributed by atoms with Gasteiger partial charge in [0.1, 0.15) is 11.9 Å². The van der Waals surface area contributed by atoms with E-state index in [0.29, 0.717) is 59.1 Å². The molecule has 52 heavy (non-hydrogen) atoms. The Morgan fingerprint density at radius 1 is 1.04 bits per heavy atom. The van der Waals surface area contributed by atoms with E-state index in [1.54, 1.807) is 24.1 Å². The van der Waals surface area contributed by atoms with E-state index in [-0.39, 0.29) is 31.4 Å². The molecule has 0 unspecified atom stereocenters. The number of aromatic amines is 1. The van der Waals surface area contributed by atoms with E-state index in [9.17, 15) is 22.8 Å². The van der Waals surface area contributed by atoms with E-state index < -0.39 is 41.5 Å². The Morgan fingerprint density at radius 2 is 1.71 bits per heavy atom. The number of fused-ring (bicyclic) bond motifs is 2. The van der Waals surface area contributed by atoms with E-state index in [1.165, 1.54) is 13.0 Å². The number of para-hydroxylation sites is 1. The molecule has 1 aliphatic heterocycles. The van der Waals surface area contributed by atoms with Crippen LogP contribution >= 0.6 is 12.4 Å². The lowest BCUT2D eigenvalue weighted by Gasteiger charge is -2.27. The van der Waals surface area contributed by atoms with Crippen molar-refractivity contribution in [3.63, 3.8) is 0 Å². The molecule has 4 N–H and O–H groups in total. The number of anilines is 1. The van der Waals surface area contributed by atoms with Gasteiger partial charge in [0.15, 0.2) is 0 Å². The van der Waals surface area contributed by atoms with Crippen molar-refractivity contribution in [3.8, 4) is 16.9 Å². The van der Waals surface area contributed by atoms with Crippen molar-refractivity contribution in [1.82, 2.24) is 35.4 Å². The van der Waals surface area contributed by atoms with Gasteiger partial charge in [-0.2, -0.15) is 18.3 Å². The summed E-state index contributed by atoms with van der Waals surface area (Å²) in [4.78, 5) is 36.8. The van der Waals surface area contributed by atoms with Gasteiger partial charge in [-0.3, -0.25) is 9.59 Å². The molecule has 6 rings (SSSR count). The Morgan fingerprint density at radius 3 is 2.33 bits per heavy atom. The molecule has 0 saturated heterocycles. The highest BCUT2D eigenvalue weighted by Crippen LogP contribution is 2.41. The summed E-state index contributed by atoms with van der Waals surface area (Å²) in [5, 5.41) is 20.3. The van der Waals surface area contributed by atoms with Gasteiger partial charge in [0, 0.05) is 61.2 Å². The van der Waals surface area contributed by atoms with Gasteiger partial charge in [0.25, 0.3) is 0 Å². The fourth-order valence-electron chi connectivity index (χ4n) is 6.49. The van der Waals surface area contributed by atoms with Crippen molar-refractivity contribution in [2.24, 2.45) is 0 Å². The van der Waals surface area contributed by atoms with Gasteiger partial charge in [-0.25, -0.2) is 19.0 Å². The van der Waals surface area contributed by atoms with Crippen LogP contribution in [-0.4, -0.2) is 60.3 Å². The molecule has 16 heteroatoms. The number of amides is 1. The number of halogens is 5. The maximum Gasteiger partial charge on any atom is 0.419 e. The van der Waals surface area contributed by atoms with Gasteiger partial charge in [-0.05, 0) is 55.5 Å². The van der Waals surface area contributed by atoms with Crippen LogP contribution in [0.15, 0.2) is 48.9 Å². The fourth-order valence-corrected chi connectivity index (χ4v) is 6.49. The lowest BCUT2D eigenvalue weighted by atomic mass is 9.95. The lowest BCUT2D eigenvalue weighted by molar-refractivity contribution is -0.141. The van der Waals surface area contributed by atoms with Crippen LogP contribution in [0.1, 0.15) is 61.2 Å². The molecule has 11 nitrogen and oxygen atoms in total. The molecule has 2 atom stereocenters. The number of alkyl halides is 3. The molecule has 1 aliphatic rings. The highest BCUT2D eigenvalue weighted by atomic mass is 35.5. The number of aryl methyl sites for hydroxylation is 2. The van der Waals surface area contributed by atoms with Gasteiger partial charge in [-0.1, -0.05) is 32.0 Å². The third-order valence-electron chi connectivity index (χ3n) is 9.29. The zero-order valence-electron chi connectivity index (χ0n) is 28.9. The fraction of sp³-hybridized carbons (Fsp3) is 0.361. The van der Waals surface area contributed by atoms with Crippen LogP contribution in [0.3, 0.4) is 0 Å². The Balaban J connectivity index is 0.00000523. The van der Waals surface area contributed by atoms with E-state index in [2.05, 4.69) is 25.6 Å². The molecule has 1 amide bonds. The van der Waals surface area contributed by atoms with Gasteiger partial charge in [0.05, 0.1) is 34.2 Å². The summed E-state index contributed by atoms with van der Waals surface area (Å²) in [5.41, 5.74) is 5.40. The first-order valence-electron chi connectivity index (χ1n) is 16.7. The molecule has 0 fully saturated rings. The van der Waals surface area contributed by atoms with Gasteiger partial charge < -0.3 is 25.6 Å². The van der Waals surface area contributed by atoms with Gasteiger partial charge >= 0.3 is 12.1 Å². The number of aromatic nitrogens is 5. The third kappa shape index (κ3) is 7.33. The molecule has 5 aromatic rings. The second kappa shape index (κ2) is 15.3. The normalized spacial score (nSPS) is 14.1. The van der Waals surface area contributed by atoms with Crippen LogP contribution in [0.4, 0.5) is 23.5 Å². The van der Waals surface area contributed by atoms with Crippen LogP contribution < -0.4 is 15.5 Å². The number of H-pyrrole nitrogens is 1. The van der Waals surface area contributed by atoms with Crippen LogP contribution in [-0.2, 0) is 48.1 Å². The SMILES string of the molecule is CCc1cccc(CC)c1-n1nc2c(c1-c1c(F)cc(CN[C@@H](C)C(=O)N[C@@H](C)C(=O)O)c3[nH]ccc13)CN(c1ncc(C(F)(F)F)cn1)CC2.Cl. The zero-order chi connectivity index (χ0) is 36.6. The summed E-state index contributed by atoms with van der Waals surface area (Å²) in [6.45, 7) is 7.72. The molecule has 0 aliphatic carbocycles. The summed E-state index contributed by atoms with van der Waals surface area (Å²) in [6.07, 6.45) is 0.478. The minimum Gasteiger partial charge on any atom is -0.480 e. The molecular weight excluding hydrogens is 704 g/mol. The number of rotatable bonds is 11. The number of carboxylic acid groups (broad SMARTS) is 1. The summed E-state index contributed by atoms with van der Waals surface area (Å²) < 4.78 is 58.4. The van der Waals surface area contributed by atoms with E-state index in [0.717, 1.165) is 34.9 Å². The monoisotopic (exact) mass is 742 g/mol. The van der Waals surface area contributed by atoms with Crippen molar-refractivity contribution < 1.29 is 32.3 Å². The summed E-state index contributed by atoms with van der Waals surface area (Å²) in [6, 6.07) is 7.37. The van der Waals surface area contributed by atoms with Crippen molar-refractivity contribution in [2.75, 3.05) is 11.4 Å². The van der Waals surface area contributed by atoms with Gasteiger partial charge in [0.2, 0.25) is 11.9 Å². The van der Waals surface area contributed by atoms with Crippen LogP contribution in [0.2, 0.25) is 0 Å². The first-order chi connectivity index (χ1) is 24.3. The van der Waals surface area contributed by atoms with E-state index in [4.69, 9.17) is 10.2 Å². The highest BCUT2D eigenvalue weighted by molar-refractivity contribution is 5.98. The molecule has 276 valence electrons. The molecule has 3 aromatic heterocycles. The number of carboxylic acids is 1. The van der Waals surface area contributed by atoms with Crippen molar-refractivity contribution in [3.05, 3.63) is 88.3 Å². The Labute approximate surface area is 303 Å². The van der Waals surface area contributed by atoms with Crippen LogP contribution in [0.25, 0.3) is 27.8 Å². The Hall–Kier alpha value is -5.02. The average Bonchev–Trinajstić information content (AvgIpc) is 3.75. The molecule has 0 spiro atoms. The minimum atomic E-state index is -4.57. The van der Waals surface area contributed by atoms with Crippen LogP contribution in [0.5, 0.6) is 0 Å². The summed E-state index contributed by atoms with van der Waals surface area (Å²) in [5.74, 6) is -2.08. The molecule has 0 radical (unpaired) electrons. The first kappa shape index (κ1) is 38.2. The lowest BCUT2D eigenvalue weighted by Crippen LogP contribution is -2.47. The van der Waals surface area contributed by atoms with Crippen molar-refractivity contribution in [2.45, 2.75) is 78.3 Å². The number of carbonyl (C=O) groups is 2. The molecule has 2 aromatic carbocycles. The smallest absolute Gasteiger partial charge is 0.419 e. The Bertz CT molecular complexity index is 2080. The number of carbonyl (C=O) groups excluding carboxylic acids is 1. The first-order valence-corrected chi connectivity index (χ1v) is 16.7. The number of benzene rings is 2. The largest absolute Gasteiger partial charge is 0.480 e. The standard InChI is InChI=1S/C36H38F4N8O3.ClH/c1-5-21-8-7-9-22(6-2)31(21)48-32(26-18-47(13-11-28(26)46-48)35-43-16-24(17-44-35)36(38,39)40)29-25-10-12-41-30(25)23(14-27(29)37)15-42-19(3)33(49)45-20(4)34(50)51;/h7-10,12,14,16-17,19-20,41-42H,5-6,11,13,15,18H2,1-4H3,(H,45,49)(H,50,51);1H/t19-,20-;/m0./s1. The summed E-state index contributed by atoms with van der Waals surface area (Å²) >= 11 is 0. The summed E-state index contributed by atoms with van der Waals surface area (Å²) in [7, 11) is 0. The number of hydrogen-bond acceptors (Lipinski definition) is 7. The molecule has 0 bridgehead atoms. The number of nitrogens with zero attached hydrogens (tertiary/aromatic N) is 5. The third-order valence-corrected chi connectivity index (χ3v) is 9.29.